The highest BCUT2D eigenvalue weighted by Crippen LogP contribution is 2.53. The van der Waals surface area contributed by atoms with Crippen molar-refractivity contribution in [1.82, 2.24) is 4.90 Å². The maximum atomic E-state index is 12.7. The summed E-state index contributed by atoms with van der Waals surface area (Å²) in [7, 11) is 1.68. The van der Waals surface area contributed by atoms with Gasteiger partial charge in [0, 0.05) is 24.2 Å². The van der Waals surface area contributed by atoms with Crippen LogP contribution in [0.5, 0.6) is 5.75 Å². The number of nitriles is 1. The fourth-order valence-electron chi connectivity index (χ4n) is 3.58. The average Bonchev–Trinajstić information content (AvgIpc) is 3.42. The van der Waals surface area contributed by atoms with Crippen molar-refractivity contribution in [2.45, 2.75) is 24.8 Å². The fourth-order valence-corrected chi connectivity index (χ4v) is 3.58. The molecular formula is C20H19N3O2. The Kier molecular flexibility index (Phi) is 3.61. The third-order valence-corrected chi connectivity index (χ3v) is 5.15. The largest absolute Gasteiger partial charge is 0.497 e. The van der Waals surface area contributed by atoms with Gasteiger partial charge in [0.2, 0.25) is 0 Å². The molecule has 1 saturated carbocycles. The molecule has 4 rings (SSSR count). The van der Waals surface area contributed by atoms with Crippen molar-refractivity contribution in [3.05, 3.63) is 59.2 Å². The summed E-state index contributed by atoms with van der Waals surface area (Å²) in [6, 6.07) is 15.0. The lowest BCUT2D eigenvalue weighted by Gasteiger charge is -2.35. The predicted molar refractivity (Wildman–Crippen MR) is 94.5 cm³/mol. The number of amides is 2. The van der Waals surface area contributed by atoms with E-state index in [0.717, 1.165) is 25.1 Å². The Labute approximate surface area is 146 Å². The fraction of sp³-hybridized carbons (Fsp3) is 0.300. The number of benzene rings is 2. The Morgan fingerprint density at radius 3 is 2.64 bits per heavy atom. The van der Waals surface area contributed by atoms with E-state index in [2.05, 4.69) is 23.5 Å². The molecule has 1 heterocycles. The highest BCUT2D eigenvalue weighted by molar-refractivity contribution is 5.89. The number of hydrogen-bond donors (Lipinski definition) is 1. The Hall–Kier alpha value is -3.00. The second kappa shape index (κ2) is 5.82. The molecule has 0 aromatic heterocycles. The zero-order valence-electron chi connectivity index (χ0n) is 14.1. The lowest BCUT2D eigenvalue weighted by atomic mass is 9.87. The summed E-state index contributed by atoms with van der Waals surface area (Å²) < 4.78 is 5.36. The topological polar surface area (TPSA) is 65.4 Å². The summed E-state index contributed by atoms with van der Waals surface area (Å²) in [5, 5.41) is 11.8. The first kappa shape index (κ1) is 15.5. The zero-order valence-corrected chi connectivity index (χ0v) is 14.1. The second-order valence-electron chi connectivity index (χ2n) is 6.78. The SMILES string of the molecule is COc1ccc2c(c1)C1(CC1)CN(C(=O)Nc1ccc(C#N)cc1)C2. The molecule has 126 valence electrons. The van der Waals surface area contributed by atoms with Crippen LogP contribution in [0, 0.1) is 11.3 Å². The van der Waals surface area contributed by atoms with Crippen LogP contribution in [0.25, 0.3) is 0 Å². The van der Waals surface area contributed by atoms with Crippen molar-refractivity contribution >= 4 is 11.7 Å². The number of anilines is 1. The first-order valence-corrected chi connectivity index (χ1v) is 8.37. The van der Waals surface area contributed by atoms with Crippen LogP contribution in [-0.2, 0) is 12.0 Å². The highest BCUT2D eigenvalue weighted by Gasteiger charge is 2.50. The smallest absolute Gasteiger partial charge is 0.322 e. The number of methoxy groups -OCH3 is 1. The molecule has 1 aliphatic carbocycles. The first-order chi connectivity index (χ1) is 12.1. The highest BCUT2D eigenvalue weighted by atomic mass is 16.5. The van der Waals surface area contributed by atoms with E-state index in [0.29, 0.717) is 17.8 Å². The summed E-state index contributed by atoms with van der Waals surface area (Å²) in [5.41, 5.74) is 3.89. The van der Waals surface area contributed by atoms with E-state index in [4.69, 9.17) is 10.00 Å². The summed E-state index contributed by atoms with van der Waals surface area (Å²) in [5.74, 6) is 0.875. The number of carbonyl (C=O) groups is 1. The monoisotopic (exact) mass is 333 g/mol. The third kappa shape index (κ3) is 2.80. The predicted octanol–water partition coefficient (Wildman–Crippen LogP) is 3.65. The van der Waals surface area contributed by atoms with Gasteiger partial charge in [0.15, 0.2) is 0 Å². The molecule has 0 bridgehead atoms. The van der Waals surface area contributed by atoms with Gasteiger partial charge in [-0.25, -0.2) is 4.79 Å². The van der Waals surface area contributed by atoms with E-state index in [1.165, 1.54) is 11.1 Å². The van der Waals surface area contributed by atoms with Gasteiger partial charge in [0.1, 0.15) is 5.75 Å². The van der Waals surface area contributed by atoms with Gasteiger partial charge in [-0.15, -0.1) is 0 Å². The molecule has 2 aliphatic rings. The molecule has 0 unspecified atom stereocenters. The molecule has 25 heavy (non-hydrogen) atoms. The van der Waals surface area contributed by atoms with Gasteiger partial charge in [-0.05, 0) is 60.4 Å². The molecule has 1 N–H and O–H groups in total. The average molecular weight is 333 g/mol. The normalized spacial score (nSPS) is 16.7. The molecular weight excluding hydrogens is 314 g/mol. The molecule has 1 spiro atoms. The van der Waals surface area contributed by atoms with E-state index in [1.807, 2.05) is 11.0 Å². The summed E-state index contributed by atoms with van der Waals surface area (Å²) in [6.07, 6.45) is 2.21. The summed E-state index contributed by atoms with van der Waals surface area (Å²) >= 11 is 0. The first-order valence-electron chi connectivity index (χ1n) is 8.37. The van der Waals surface area contributed by atoms with Crippen molar-refractivity contribution in [2.75, 3.05) is 19.0 Å². The molecule has 0 atom stereocenters. The van der Waals surface area contributed by atoms with Crippen LogP contribution < -0.4 is 10.1 Å². The van der Waals surface area contributed by atoms with Crippen LogP contribution in [0.15, 0.2) is 42.5 Å². The minimum Gasteiger partial charge on any atom is -0.497 e. The van der Waals surface area contributed by atoms with Crippen LogP contribution in [0.2, 0.25) is 0 Å². The van der Waals surface area contributed by atoms with Gasteiger partial charge in [-0.2, -0.15) is 5.26 Å². The van der Waals surface area contributed by atoms with Crippen LogP contribution >= 0.6 is 0 Å². The molecule has 5 heteroatoms. The van der Waals surface area contributed by atoms with Gasteiger partial charge >= 0.3 is 6.03 Å². The van der Waals surface area contributed by atoms with E-state index in [-0.39, 0.29) is 11.4 Å². The van der Waals surface area contributed by atoms with Crippen molar-refractivity contribution in [1.29, 1.82) is 5.26 Å². The van der Waals surface area contributed by atoms with Crippen molar-refractivity contribution in [3.8, 4) is 11.8 Å². The quantitative estimate of drug-likeness (QED) is 0.912. The number of nitrogens with zero attached hydrogens (tertiary/aromatic N) is 2. The molecule has 0 radical (unpaired) electrons. The number of rotatable bonds is 2. The Bertz CT molecular complexity index is 864. The van der Waals surface area contributed by atoms with Crippen LogP contribution in [0.4, 0.5) is 10.5 Å². The Morgan fingerprint density at radius 1 is 1.24 bits per heavy atom. The van der Waals surface area contributed by atoms with Gasteiger partial charge < -0.3 is 15.0 Å². The zero-order chi connectivity index (χ0) is 17.4. The Morgan fingerprint density at radius 2 is 2.00 bits per heavy atom. The van der Waals surface area contributed by atoms with Crippen molar-refractivity contribution in [2.24, 2.45) is 0 Å². The minimum absolute atomic E-state index is 0.0874. The number of carbonyl (C=O) groups excluding carboxylic acids is 1. The minimum atomic E-state index is -0.0996. The lowest BCUT2D eigenvalue weighted by molar-refractivity contribution is 0.197. The standard InChI is InChI=1S/C20H19N3O2/c1-25-17-7-4-15-12-23(13-20(8-9-20)18(15)10-17)19(24)22-16-5-2-14(11-21)3-6-16/h2-7,10H,8-9,12-13H2,1H3,(H,22,24). The molecule has 2 aromatic rings. The van der Waals surface area contributed by atoms with Gasteiger partial charge in [-0.1, -0.05) is 6.07 Å². The number of nitrogens with one attached hydrogen (secondary N) is 1. The maximum absolute atomic E-state index is 12.7. The van der Waals surface area contributed by atoms with Crippen molar-refractivity contribution in [3.63, 3.8) is 0 Å². The molecule has 2 amide bonds. The van der Waals surface area contributed by atoms with Crippen molar-refractivity contribution < 1.29 is 9.53 Å². The van der Waals surface area contributed by atoms with E-state index >= 15 is 0 Å². The maximum Gasteiger partial charge on any atom is 0.322 e. The number of urea groups is 1. The van der Waals surface area contributed by atoms with Gasteiger partial charge in [-0.3, -0.25) is 0 Å². The molecule has 1 aliphatic heterocycles. The molecule has 0 saturated heterocycles. The van der Waals surface area contributed by atoms with Gasteiger partial charge in [0.25, 0.3) is 0 Å². The molecule has 1 fully saturated rings. The summed E-state index contributed by atoms with van der Waals surface area (Å²) in [6.45, 7) is 1.33. The number of ether oxygens (including phenoxy) is 1. The summed E-state index contributed by atoms with van der Waals surface area (Å²) in [4.78, 5) is 14.6. The number of fused-ring (bicyclic) bond motifs is 2. The van der Waals surface area contributed by atoms with Gasteiger partial charge in [0.05, 0.1) is 18.7 Å². The van der Waals surface area contributed by atoms with Crippen LogP contribution in [0.1, 0.15) is 29.5 Å². The van der Waals surface area contributed by atoms with E-state index in [1.54, 1.807) is 31.4 Å². The third-order valence-electron chi connectivity index (χ3n) is 5.15. The van der Waals surface area contributed by atoms with Crippen LogP contribution in [-0.4, -0.2) is 24.6 Å². The Balaban J connectivity index is 1.53. The number of hydrogen-bond acceptors (Lipinski definition) is 3. The van der Waals surface area contributed by atoms with E-state index in [9.17, 15) is 4.79 Å². The van der Waals surface area contributed by atoms with Crippen LogP contribution in [0.3, 0.4) is 0 Å². The lowest BCUT2D eigenvalue weighted by Crippen LogP contribution is -2.43. The van der Waals surface area contributed by atoms with E-state index < -0.39 is 0 Å². The molecule has 5 nitrogen and oxygen atoms in total. The second-order valence-corrected chi connectivity index (χ2v) is 6.78. The molecule has 2 aromatic carbocycles.